The Balaban J connectivity index is 1.79. The summed E-state index contributed by atoms with van der Waals surface area (Å²) in [5.74, 6) is -0.284. The summed E-state index contributed by atoms with van der Waals surface area (Å²) >= 11 is 7.67. The van der Waals surface area contributed by atoms with Gasteiger partial charge in [-0.2, -0.15) is 0 Å². The molecule has 0 N–H and O–H groups in total. The van der Waals surface area contributed by atoms with Crippen LogP contribution >= 0.6 is 22.9 Å². The van der Waals surface area contributed by atoms with E-state index in [1.165, 1.54) is 0 Å². The van der Waals surface area contributed by atoms with Crippen molar-refractivity contribution in [3.8, 4) is 0 Å². The molecule has 30 heavy (non-hydrogen) atoms. The van der Waals surface area contributed by atoms with E-state index >= 15 is 0 Å². The summed E-state index contributed by atoms with van der Waals surface area (Å²) in [6.45, 7) is 4.85. The van der Waals surface area contributed by atoms with Crippen LogP contribution in [0.2, 0.25) is 5.02 Å². The summed E-state index contributed by atoms with van der Waals surface area (Å²) in [5, 5.41) is 2.50. The fourth-order valence-corrected chi connectivity index (χ4v) is 4.06. The van der Waals surface area contributed by atoms with E-state index in [0.29, 0.717) is 23.7 Å². The van der Waals surface area contributed by atoms with Crippen LogP contribution in [0.15, 0.2) is 72.1 Å². The third-order valence-electron chi connectivity index (χ3n) is 4.76. The average molecular weight is 441 g/mol. The Morgan fingerprint density at radius 2 is 1.73 bits per heavy atom. The van der Waals surface area contributed by atoms with E-state index in [4.69, 9.17) is 11.6 Å². The molecular formula is C24H25ClN2O2S. The van der Waals surface area contributed by atoms with Crippen molar-refractivity contribution in [1.82, 2.24) is 9.80 Å². The molecule has 4 nitrogen and oxygen atoms in total. The van der Waals surface area contributed by atoms with Crippen molar-refractivity contribution in [2.75, 3.05) is 6.54 Å². The lowest BCUT2D eigenvalue weighted by Gasteiger charge is -2.30. The summed E-state index contributed by atoms with van der Waals surface area (Å²) in [6, 6.07) is 20.6. The summed E-state index contributed by atoms with van der Waals surface area (Å²) < 4.78 is 0. The van der Waals surface area contributed by atoms with E-state index in [1.54, 1.807) is 40.5 Å². The van der Waals surface area contributed by atoms with Gasteiger partial charge in [0.2, 0.25) is 5.91 Å². The third-order valence-corrected chi connectivity index (χ3v) is 5.85. The third kappa shape index (κ3) is 5.94. The van der Waals surface area contributed by atoms with Crippen LogP contribution in [0, 0.1) is 0 Å². The first kappa shape index (κ1) is 22.1. The molecule has 1 aromatic heterocycles. The van der Waals surface area contributed by atoms with E-state index in [9.17, 15) is 9.59 Å². The molecule has 6 heteroatoms. The highest BCUT2D eigenvalue weighted by molar-refractivity contribution is 7.09. The molecule has 0 aliphatic rings. The number of rotatable bonds is 8. The van der Waals surface area contributed by atoms with Gasteiger partial charge < -0.3 is 9.80 Å². The highest BCUT2D eigenvalue weighted by Crippen LogP contribution is 2.18. The number of thiophene rings is 1. The van der Waals surface area contributed by atoms with Crippen molar-refractivity contribution in [2.45, 2.75) is 33.0 Å². The van der Waals surface area contributed by atoms with Crippen LogP contribution in [-0.4, -0.2) is 34.2 Å². The van der Waals surface area contributed by atoms with Gasteiger partial charge in [-0.05, 0) is 49.1 Å². The van der Waals surface area contributed by atoms with Crippen LogP contribution in [0.25, 0.3) is 0 Å². The molecule has 0 aliphatic carbocycles. The Bertz CT molecular complexity index is 974. The molecule has 2 amide bonds. The van der Waals surface area contributed by atoms with Crippen molar-refractivity contribution in [2.24, 2.45) is 0 Å². The van der Waals surface area contributed by atoms with Gasteiger partial charge >= 0.3 is 0 Å². The summed E-state index contributed by atoms with van der Waals surface area (Å²) in [6.07, 6.45) is 0. The molecule has 3 rings (SSSR count). The SMILES string of the molecule is CC(C)N(CC(=O)N(Cc1ccccc1)Cc1cccs1)C(=O)c1cccc(Cl)c1. The van der Waals surface area contributed by atoms with Crippen LogP contribution in [0.4, 0.5) is 0 Å². The summed E-state index contributed by atoms with van der Waals surface area (Å²) in [4.78, 5) is 30.9. The number of benzene rings is 2. The molecule has 0 aliphatic heterocycles. The van der Waals surface area contributed by atoms with Crippen LogP contribution in [0.3, 0.4) is 0 Å². The topological polar surface area (TPSA) is 40.6 Å². The van der Waals surface area contributed by atoms with Gasteiger partial charge in [0, 0.05) is 28.0 Å². The van der Waals surface area contributed by atoms with Crippen molar-refractivity contribution < 1.29 is 9.59 Å². The minimum Gasteiger partial charge on any atom is -0.332 e. The lowest BCUT2D eigenvalue weighted by molar-refractivity contribution is -0.133. The van der Waals surface area contributed by atoms with E-state index in [1.807, 2.05) is 66.6 Å². The number of nitrogens with zero attached hydrogens (tertiary/aromatic N) is 2. The van der Waals surface area contributed by atoms with Crippen LogP contribution in [0.5, 0.6) is 0 Å². The molecule has 0 atom stereocenters. The van der Waals surface area contributed by atoms with Crippen molar-refractivity contribution in [3.63, 3.8) is 0 Å². The van der Waals surface area contributed by atoms with E-state index in [-0.39, 0.29) is 24.4 Å². The van der Waals surface area contributed by atoms with E-state index in [2.05, 4.69) is 0 Å². The highest BCUT2D eigenvalue weighted by atomic mass is 35.5. The van der Waals surface area contributed by atoms with Crippen molar-refractivity contribution in [3.05, 3.63) is 93.1 Å². The first-order valence-corrected chi connectivity index (χ1v) is 11.1. The van der Waals surface area contributed by atoms with E-state index in [0.717, 1.165) is 10.4 Å². The smallest absolute Gasteiger partial charge is 0.254 e. The molecule has 2 aromatic carbocycles. The van der Waals surface area contributed by atoms with Gasteiger partial charge in [0.25, 0.3) is 5.91 Å². The number of carbonyl (C=O) groups excluding carboxylic acids is 2. The normalized spacial score (nSPS) is 10.8. The van der Waals surface area contributed by atoms with Gasteiger partial charge in [0.15, 0.2) is 0 Å². The number of hydrogen-bond acceptors (Lipinski definition) is 3. The van der Waals surface area contributed by atoms with Crippen LogP contribution < -0.4 is 0 Å². The fraction of sp³-hybridized carbons (Fsp3) is 0.250. The predicted molar refractivity (Wildman–Crippen MR) is 123 cm³/mol. The molecule has 0 saturated carbocycles. The first-order chi connectivity index (χ1) is 14.4. The Kier molecular flexibility index (Phi) is 7.66. The first-order valence-electron chi connectivity index (χ1n) is 9.84. The summed E-state index contributed by atoms with van der Waals surface area (Å²) in [5.41, 5.74) is 1.54. The molecule has 0 unspecified atom stereocenters. The van der Waals surface area contributed by atoms with Gasteiger partial charge in [-0.25, -0.2) is 0 Å². The maximum atomic E-state index is 13.3. The molecule has 1 heterocycles. The monoisotopic (exact) mass is 440 g/mol. The van der Waals surface area contributed by atoms with Gasteiger partial charge in [-0.3, -0.25) is 9.59 Å². The second kappa shape index (κ2) is 10.4. The molecular weight excluding hydrogens is 416 g/mol. The number of hydrogen-bond donors (Lipinski definition) is 0. The Labute approximate surface area is 186 Å². The van der Waals surface area contributed by atoms with Gasteiger partial charge in [0.1, 0.15) is 6.54 Å². The lowest BCUT2D eigenvalue weighted by atomic mass is 10.1. The Morgan fingerprint density at radius 3 is 2.37 bits per heavy atom. The zero-order valence-electron chi connectivity index (χ0n) is 17.1. The Hall–Kier alpha value is -2.63. The van der Waals surface area contributed by atoms with Crippen molar-refractivity contribution >= 4 is 34.8 Å². The van der Waals surface area contributed by atoms with Crippen LogP contribution in [-0.2, 0) is 17.9 Å². The second-order valence-electron chi connectivity index (χ2n) is 7.35. The molecule has 3 aromatic rings. The number of halogens is 1. The molecule has 0 radical (unpaired) electrons. The van der Waals surface area contributed by atoms with Crippen molar-refractivity contribution in [1.29, 1.82) is 0 Å². The molecule has 0 fully saturated rings. The van der Waals surface area contributed by atoms with Gasteiger partial charge in [-0.1, -0.05) is 54.1 Å². The highest BCUT2D eigenvalue weighted by Gasteiger charge is 2.25. The second-order valence-corrected chi connectivity index (χ2v) is 8.82. The number of amides is 2. The molecule has 0 saturated heterocycles. The Morgan fingerprint density at radius 1 is 0.967 bits per heavy atom. The lowest BCUT2D eigenvalue weighted by Crippen LogP contribution is -2.45. The van der Waals surface area contributed by atoms with Gasteiger partial charge in [-0.15, -0.1) is 11.3 Å². The maximum absolute atomic E-state index is 13.3. The quantitative estimate of drug-likeness (QED) is 0.465. The number of carbonyl (C=O) groups is 2. The predicted octanol–water partition coefficient (Wildman–Crippen LogP) is 5.48. The molecule has 0 bridgehead atoms. The zero-order valence-corrected chi connectivity index (χ0v) is 18.7. The minimum atomic E-state index is -0.198. The van der Waals surface area contributed by atoms with E-state index < -0.39 is 0 Å². The fourth-order valence-electron chi connectivity index (χ4n) is 3.15. The maximum Gasteiger partial charge on any atom is 0.254 e. The van der Waals surface area contributed by atoms with Gasteiger partial charge in [0.05, 0.1) is 6.54 Å². The minimum absolute atomic E-state index is 0.0151. The zero-order chi connectivity index (χ0) is 21.5. The standard InChI is InChI=1S/C24H25ClN2O2S/c1-18(2)27(24(29)20-10-6-11-21(25)14-20)17-23(28)26(16-22-12-7-13-30-22)15-19-8-4-3-5-9-19/h3-14,18H,15-17H2,1-2H3. The molecule has 156 valence electrons. The largest absolute Gasteiger partial charge is 0.332 e. The molecule has 0 spiro atoms. The summed E-state index contributed by atoms with van der Waals surface area (Å²) in [7, 11) is 0. The van der Waals surface area contributed by atoms with Crippen LogP contribution in [0.1, 0.15) is 34.6 Å². The average Bonchev–Trinajstić information content (AvgIpc) is 3.24.